The Morgan fingerprint density at radius 3 is 2.45 bits per heavy atom. The van der Waals surface area contributed by atoms with Gasteiger partial charge in [0, 0.05) is 62.2 Å². The highest BCUT2D eigenvalue weighted by molar-refractivity contribution is 5.66. The van der Waals surface area contributed by atoms with Gasteiger partial charge in [-0.15, -0.1) is 0 Å². The van der Waals surface area contributed by atoms with Gasteiger partial charge in [0.25, 0.3) is 0 Å². The Morgan fingerprint density at radius 1 is 0.947 bits per heavy atom. The maximum absolute atomic E-state index is 9.73. The van der Waals surface area contributed by atoms with Crippen LogP contribution in [0.4, 0.5) is 17.3 Å². The number of nitrogens with zero attached hydrogens (tertiary/aromatic N) is 5. The molecule has 0 atom stereocenters. The van der Waals surface area contributed by atoms with Crippen LogP contribution in [0.3, 0.4) is 0 Å². The van der Waals surface area contributed by atoms with Crippen molar-refractivity contribution in [1.82, 2.24) is 14.9 Å². The van der Waals surface area contributed by atoms with Crippen LogP contribution < -0.4 is 15.0 Å². The molecule has 9 heteroatoms. The molecule has 1 aromatic heterocycles. The van der Waals surface area contributed by atoms with Gasteiger partial charge < -0.3 is 24.4 Å². The molecule has 3 aliphatic heterocycles. The van der Waals surface area contributed by atoms with E-state index in [0.29, 0.717) is 36.5 Å². The van der Waals surface area contributed by atoms with E-state index >= 15 is 0 Å². The molecule has 1 N–H and O–H groups in total. The molecule has 0 bridgehead atoms. The summed E-state index contributed by atoms with van der Waals surface area (Å²) >= 11 is 0. The smallest absolute Gasteiger partial charge is 0.227 e. The van der Waals surface area contributed by atoms with Crippen LogP contribution in [-0.4, -0.2) is 79.6 Å². The lowest BCUT2D eigenvalue weighted by Gasteiger charge is -2.43. The van der Waals surface area contributed by atoms with Crippen LogP contribution in [0.25, 0.3) is 11.3 Å². The van der Waals surface area contributed by atoms with E-state index in [2.05, 4.69) is 50.4 Å². The van der Waals surface area contributed by atoms with E-state index in [4.69, 9.17) is 19.2 Å². The first-order valence-corrected chi connectivity index (χ1v) is 13.3. The lowest BCUT2D eigenvalue weighted by Crippen LogP contribution is -2.56. The molecular formula is C29H32N6O3. The van der Waals surface area contributed by atoms with Crippen LogP contribution >= 0.6 is 0 Å². The van der Waals surface area contributed by atoms with Gasteiger partial charge in [0.15, 0.2) is 0 Å². The number of piperazine rings is 1. The number of anilines is 3. The number of aromatic nitrogens is 2. The summed E-state index contributed by atoms with van der Waals surface area (Å²) in [6, 6.07) is 18.8. The van der Waals surface area contributed by atoms with Crippen molar-refractivity contribution in [2.75, 3.05) is 62.8 Å². The maximum atomic E-state index is 9.73. The zero-order valence-corrected chi connectivity index (χ0v) is 21.4. The summed E-state index contributed by atoms with van der Waals surface area (Å²) in [6.45, 7) is 7.33. The predicted octanol–water partition coefficient (Wildman–Crippen LogP) is 3.84. The van der Waals surface area contributed by atoms with Gasteiger partial charge in [-0.3, -0.25) is 4.90 Å². The minimum Gasteiger partial charge on any atom is -0.489 e. The van der Waals surface area contributed by atoms with Crippen LogP contribution in [0.15, 0.2) is 54.7 Å². The van der Waals surface area contributed by atoms with Crippen molar-refractivity contribution in [3.8, 4) is 23.1 Å². The topological polar surface area (TPSA) is 95.8 Å². The Kier molecular flexibility index (Phi) is 7.36. The Bertz CT molecular complexity index is 1280. The highest BCUT2D eigenvalue weighted by Gasteiger charge is 2.28. The second-order valence-corrected chi connectivity index (χ2v) is 9.90. The number of hydrogen-bond donors (Lipinski definition) is 1. The first kappa shape index (κ1) is 24.6. The molecule has 196 valence electrons. The third-order valence-corrected chi connectivity index (χ3v) is 7.45. The molecule has 2 aromatic carbocycles. The van der Waals surface area contributed by atoms with Crippen molar-refractivity contribution in [3.63, 3.8) is 0 Å². The fourth-order valence-corrected chi connectivity index (χ4v) is 5.10. The summed E-state index contributed by atoms with van der Waals surface area (Å²) in [7, 11) is 0. The average Bonchev–Trinajstić information content (AvgIpc) is 2.94. The minimum atomic E-state index is 0.0787. The minimum absolute atomic E-state index is 0.0787. The van der Waals surface area contributed by atoms with E-state index in [9.17, 15) is 5.26 Å². The van der Waals surface area contributed by atoms with E-state index in [0.717, 1.165) is 69.2 Å². The van der Waals surface area contributed by atoms with E-state index < -0.39 is 0 Å². The van der Waals surface area contributed by atoms with Gasteiger partial charge in [-0.25, -0.2) is 9.97 Å². The SMILES string of the molecule is N#Cc1cc(-c2ccnc(Nc3ccc(N4CCN(C5COC5)CC4)cc3)n2)ccc1OC1CCOCC1. The van der Waals surface area contributed by atoms with Crippen molar-refractivity contribution in [1.29, 1.82) is 5.26 Å². The molecule has 4 heterocycles. The van der Waals surface area contributed by atoms with Crippen molar-refractivity contribution < 1.29 is 14.2 Å². The molecule has 0 radical (unpaired) electrons. The molecule has 3 saturated heterocycles. The molecule has 0 unspecified atom stereocenters. The normalized spacial score (nSPS) is 19.0. The molecular weight excluding hydrogens is 480 g/mol. The fraction of sp³-hybridized carbons (Fsp3) is 0.414. The van der Waals surface area contributed by atoms with Gasteiger partial charge in [-0.05, 0) is 48.5 Å². The number of benzene rings is 2. The van der Waals surface area contributed by atoms with Crippen molar-refractivity contribution in [2.45, 2.75) is 25.0 Å². The monoisotopic (exact) mass is 512 g/mol. The summed E-state index contributed by atoms with van der Waals surface area (Å²) in [5.41, 5.74) is 4.23. The molecule has 3 aliphatic rings. The van der Waals surface area contributed by atoms with Gasteiger partial charge in [0.1, 0.15) is 17.9 Å². The van der Waals surface area contributed by atoms with Crippen molar-refractivity contribution >= 4 is 17.3 Å². The highest BCUT2D eigenvalue weighted by atomic mass is 16.5. The first-order chi connectivity index (χ1) is 18.7. The van der Waals surface area contributed by atoms with Gasteiger partial charge >= 0.3 is 0 Å². The number of rotatable bonds is 7. The number of ether oxygens (including phenoxy) is 3. The standard InChI is InChI=1S/C29H32N6O3/c30-18-22-17-21(1-6-28(22)38-26-8-15-36-16-9-26)27-7-10-31-29(33-27)32-23-2-4-24(5-3-23)34-11-13-35(14-12-34)25-19-37-20-25/h1-7,10,17,25-26H,8-9,11-16,19-20H2,(H,31,32,33). The molecule has 0 amide bonds. The first-order valence-electron chi connectivity index (χ1n) is 13.3. The van der Waals surface area contributed by atoms with E-state index in [1.54, 1.807) is 6.20 Å². The van der Waals surface area contributed by atoms with Crippen molar-refractivity contribution in [3.05, 3.63) is 60.3 Å². The molecule has 9 nitrogen and oxygen atoms in total. The van der Waals surface area contributed by atoms with Crippen LogP contribution in [0.1, 0.15) is 18.4 Å². The summed E-state index contributed by atoms with van der Waals surface area (Å²) in [5, 5.41) is 13.0. The molecule has 3 aromatic rings. The quantitative estimate of drug-likeness (QED) is 0.507. The maximum Gasteiger partial charge on any atom is 0.227 e. The second-order valence-electron chi connectivity index (χ2n) is 9.90. The zero-order valence-electron chi connectivity index (χ0n) is 21.4. The molecule has 0 aliphatic carbocycles. The Morgan fingerprint density at radius 2 is 1.74 bits per heavy atom. The number of nitriles is 1. The third-order valence-electron chi connectivity index (χ3n) is 7.45. The lowest BCUT2D eigenvalue weighted by atomic mass is 10.1. The van der Waals surface area contributed by atoms with Gasteiger partial charge in [0.2, 0.25) is 5.95 Å². The van der Waals surface area contributed by atoms with E-state index in [1.807, 2.05) is 24.3 Å². The highest BCUT2D eigenvalue weighted by Crippen LogP contribution is 2.28. The van der Waals surface area contributed by atoms with Gasteiger partial charge in [-0.2, -0.15) is 5.26 Å². The number of nitrogens with one attached hydrogen (secondary N) is 1. The lowest BCUT2D eigenvalue weighted by molar-refractivity contribution is -0.0660. The molecule has 3 fully saturated rings. The van der Waals surface area contributed by atoms with Crippen LogP contribution in [0.2, 0.25) is 0 Å². The van der Waals surface area contributed by atoms with Crippen molar-refractivity contribution in [2.24, 2.45) is 0 Å². The van der Waals surface area contributed by atoms with E-state index in [-0.39, 0.29) is 6.10 Å². The zero-order chi connectivity index (χ0) is 25.7. The Hall–Kier alpha value is -3.71. The summed E-state index contributed by atoms with van der Waals surface area (Å²) in [6.07, 6.45) is 3.47. The fourth-order valence-electron chi connectivity index (χ4n) is 5.10. The average molecular weight is 513 g/mol. The summed E-state index contributed by atoms with van der Waals surface area (Å²) in [5.74, 6) is 1.11. The third kappa shape index (κ3) is 5.58. The van der Waals surface area contributed by atoms with Crippen LogP contribution in [0.5, 0.6) is 5.75 Å². The second kappa shape index (κ2) is 11.4. The molecule has 0 saturated carbocycles. The van der Waals surface area contributed by atoms with Crippen LogP contribution in [0, 0.1) is 11.3 Å². The predicted molar refractivity (Wildman–Crippen MR) is 145 cm³/mol. The molecule has 0 spiro atoms. The molecule has 6 rings (SSSR count). The molecule has 38 heavy (non-hydrogen) atoms. The summed E-state index contributed by atoms with van der Waals surface area (Å²) < 4.78 is 16.8. The summed E-state index contributed by atoms with van der Waals surface area (Å²) in [4.78, 5) is 14.1. The Balaban J connectivity index is 1.10. The van der Waals surface area contributed by atoms with Gasteiger partial charge in [0.05, 0.1) is 43.7 Å². The van der Waals surface area contributed by atoms with Gasteiger partial charge in [-0.1, -0.05) is 0 Å². The Labute approximate surface area is 223 Å². The largest absolute Gasteiger partial charge is 0.489 e. The number of hydrogen-bond acceptors (Lipinski definition) is 9. The van der Waals surface area contributed by atoms with Crippen LogP contribution in [-0.2, 0) is 9.47 Å². The van der Waals surface area contributed by atoms with E-state index in [1.165, 1.54) is 5.69 Å².